The number of hydrazone groups is 1. The van der Waals surface area contributed by atoms with Gasteiger partial charge in [-0.2, -0.15) is 5.10 Å². The number of phenols is 1. The van der Waals surface area contributed by atoms with E-state index in [4.69, 9.17) is 10.5 Å². The van der Waals surface area contributed by atoms with Gasteiger partial charge in [0.15, 0.2) is 11.5 Å². The largest absolute Gasteiger partial charge is 0.503 e. The van der Waals surface area contributed by atoms with Crippen molar-refractivity contribution in [3.05, 3.63) is 52.0 Å². The Morgan fingerprint density at radius 2 is 2.14 bits per heavy atom. The van der Waals surface area contributed by atoms with Crippen molar-refractivity contribution in [3.63, 3.8) is 0 Å². The van der Waals surface area contributed by atoms with Crippen LogP contribution in [-0.4, -0.2) is 24.3 Å². The number of hydrogen-bond acceptors (Lipinski definition) is 5. The SMILES string of the molecule is COc1cc(/C=N/NC(=O)c2ccccc2N)cc(Br)c1O. The van der Waals surface area contributed by atoms with Gasteiger partial charge in [0.1, 0.15) is 0 Å². The molecule has 0 aliphatic heterocycles. The lowest BCUT2D eigenvalue weighted by Crippen LogP contribution is -2.19. The lowest BCUT2D eigenvalue weighted by Gasteiger charge is -2.06. The van der Waals surface area contributed by atoms with Gasteiger partial charge in [-0.15, -0.1) is 0 Å². The molecule has 2 aromatic rings. The molecule has 0 spiro atoms. The molecule has 0 bridgehead atoms. The standard InChI is InChI=1S/C15H14BrN3O3/c1-22-13-7-9(6-11(16)14(13)20)8-18-19-15(21)10-4-2-3-5-12(10)17/h2-8,20H,17H2,1H3,(H,19,21)/b18-8+. The summed E-state index contributed by atoms with van der Waals surface area (Å²) in [5.41, 5.74) is 9.48. The third-order valence-corrected chi connectivity index (χ3v) is 3.46. The van der Waals surface area contributed by atoms with E-state index in [2.05, 4.69) is 26.5 Å². The Balaban J connectivity index is 2.12. The quantitative estimate of drug-likeness (QED) is 0.441. The Labute approximate surface area is 135 Å². The van der Waals surface area contributed by atoms with E-state index in [1.54, 1.807) is 36.4 Å². The molecule has 0 aromatic heterocycles. The Morgan fingerprint density at radius 1 is 1.41 bits per heavy atom. The number of anilines is 1. The Hall–Kier alpha value is -2.54. The zero-order chi connectivity index (χ0) is 16.1. The molecule has 0 heterocycles. The molecule has 2 aromatic carbocycles. The second-order valence-electron chi connectivity index (χ2n) is 4.34. The van der Waals surface area contributed by atoms with Gasteiger partial charge in [0.2, 0.25) is 0 Å². The minimum atomic E-state index is -0.404. The van der Waals surface area contributed by atoms with Crippen LogP contribution < -0.4 is 15.9 Å². The number of halogens is 1. The fourth-order valence-electron chi connectivity index (χ4n) is 1.75. The highest BCUT2D eigenvalue weighted by Crippen LogP contribution is 2.34. The van der Waals surface area contributed by atoms with Gasteiger partial charge in [-0.05, 0) is 45.8 Å². The van der Waals surface area contributed by atoms with Crippen LogP contribution >= 0.6 is 15.9 Å². The van der Waals surface area contributed by atoms with Gasteiger partial charge in [0, 0.05) is 5.69 Å². The molecule has 1 amide bonds. The number of carbonyl (C=O) groups is 1. The number of rotatable bonds is 4. The van der Waals surface area contributed by atoms with Crippen LogP contribution in [0.2, 0.25) is 0 Å². The first-order valence-corrected chi connectivity index (χ1v) is 7.06. The lowest BCUT2D eigenvalue weighted by molar-refractivity contribution is 0.0956. The van der Waals surface area contributed by atoms with Crippen LogP contribution in [0.3, 0.4) is 0 Å². The first-order valence-electron chi connectivity index (χ1n) is 6.27. The maximum Gasteiger partial charge on any atom is 0.273 e. The van der Waals surface area contributed by atoms with E-state index >= 15 is 0 Å². The minimum Gasteiger partial charge on any atom is -0.503 e. The second kappa shape index (κ2) is 6.95. The monoisotopic (exact) mass is 363 g/mol. The molecule has 0 fully saturated rings. The van der Waals surface area contributed by atoms with Crippen molar-refractivity contribution in [3.8, 4) is 11.5 Å². The molecule has 4 N–H and O–H groups in total. The van der Waals surface area contributed by atoms with Crippen molar-refractivity contribution >= 4 is 33.7 Å². The number of benzene rings is 2. The van der Waals surface area contributed by atoms with Crippen LogP contribution in [0.15, 0.2) is 46.0 Å². The van der Waals surface area contributed by atoms with Gasteiger partial charge in [-0.3, -0.25) is 4.79 Å². The first kappa shape index (κ1) is 15.8. The highest BCUT2D eigenvalue weighted by molar-refractivity contribution is 9.10. The van der Waals surface area contributed by atoms with E-state index in [1.165, 1.54) is 13.3 Å². The number of carbonyl (C=O) groups excluding carboxylic acids is 1. The number of hydrogen-bond donors (Lipinski definition) is 3. The number of nitrogens with zero attached hydrogens (tertiary/aromatic N) is 1. The van der Waals surface area contributed by atoms with E-state index in [0.29, 0.717) is 27.0 Å². The Morgan fingerprint density at radius 3 is 2.82 bits per heavy atom. The molecule has 0 unspecified atom stereocenters. The van der Waals surface area contributed by atoms with E-state index in [-0.39, 0.29) is 5.75 Å². The average Bonchev–Trinajstić information content (AvgIpc) is 2.50. The molecule has 22 heavy (non-hydrogen) atoms. The predicted octanol–water partition coefficient (Wildman–Crippen LogP) is 2.51. The second-order valence-corrected chi connectivity index (χ2v) is 5.19. The third kappa shape index (κ3) is 3.56. The number of phenolic OH excluding ortho intramolecular Hbond substituents is 1. The molecule has 0 saturated heterocycles. The van der Waals surface area contributed by atoms with E-state index in [9.17, 15) is 9.90 Å². The van der Waals surface area contributed by atoms with Gasteiger partial charge in [0.05, 0.1) is 23.4 Å². The lowest BCUT2D eigenvalue weighted by atomic mass is 10.2. The summed E-state index contributed by atoms with van der Waals surface area (Å²) in [6, 6.07) is 9.95. The van der Waals surface area contributed by atoms with Crippen molar-refractivity contribution < 1.29 is 14.6 Å². The number of para-hydroxylation sites is 1. The number of methoxy groups -OCH3 is 1. The molecule has 6 nitrogen and oxygen atoms in total. The summed E-state index contributed by atoms with van der Waals surface area (Å²) in [5.74, 6) is -0.102. The summed E-state index contributed by atoms with van der Waals surface area (Å²) in [6.07, 6.45) is 1.43. The average molecular weight is 364 g/mol. The number of nitrogens with two attached hydrogens (primary N) is 1. The van der Waals surface area contributed by atoms with E-state index in [1.807, 2.05) is 0 Å². The summed E-state index contributed by atoms with van der Waals surface area (Å²) in [7, 11) is 1.45. The zero-order valence-corrected chi connectivity index (χ0v) is 13.3. The molecule has 0 atom stereocenters. The normalized spacial score (nSPS) is 10.6. The van der Waals surface area contributed by atoms with Crippen molar-refractivity contribution in [1.29, 1.82) is 0 Å². The number of nitrogens with one attached hydrogen (secondary N) is 1. The molecule has 0 radical (unpaired) electrons. The van der Waals surface area contributed by atoms with Gasteiger partial charge in [0.25, 0.3) is 5.91 Å². The smallest absolute Gasteiger partial charge is 0.273 e. The van der Waals surface area contributed by atoms with E-state index < -0.39 is 5.91 Å². The number of amides is 1. The molecule has 0 aliphatic rings. The summed E-state index contributed by atoms with van der Waals surface area (Å²) in [4.78, 5) is 11.9. The maximum atomic E-state index is 11.9. The van der Waals surface area contributed by atoms with Crippen LogP contribution in [-0.2, 0) is 0 Å². The van der Waals surface area contributed by atoms with Crippen molar-refractivity contribution in [2.24, 2.45) is 5.10 Å². The summed E-state index contributed by atoms with van der Waals surface area (Å²) in [5, 5.41) is 13.6. The summed E-state index contributed by atoms with van der Waals surface area (Å²) >= 11 is 3.21. The van der Waals surface area contributed by atoms with Crippen LogP contribution in [0.4, 0.5) is 5.69 Å². The van der Waals surface area contributed by atoms with Crippen molar-refractivity contribution in [2.45, 2.75) is 0 Å². The van der Waals surface area contributed by atoms with Crippen molar-refractivity contribution in [1.82, 2.24) is 5.43 Å². The Bertz CT molecular complexity index is 732. The van der Waals surface area contributed by atoms with Crippen molar-refractivity contribution in [2.75, 3.05) is 12.8 Å². The first-order chi connectivity index (χ1) is 10.5. The highest BCUT2D eigenvalue weighted by atomic mass is 79.9. The van der Waals surface area contributed by atoms with Crippen LogP contribution in [0.5, 0.6) is 11.5 Å². The summed E-state index contributed by atoms with van der Waals surface area (Å²) in [6.45, 7) is 0. The molecular weight excluding hydrogens is 350 g/mol. The fraction of sp³-hybridized carbons (Fsp3) is 0.0667. The number of aromatic hydroxyl groups is 1. The molecule has 0 saturated carbocycles. The number of nitrogen functional groups attached to an aromatic ring is 1. The zero-order valence-electron chi connectivity index (χ0n) is 11.7. The fourth-order valence-corrected chi connectivity index (χ4v) is 2.21. The molecule has 114 valence electrons. The minimum absolute atomic E-state index is 0.000690. The maximum absolute atomic E-state index is 11.9. The molecule has 7 heteroatoms. The molecule has 2 rings (SSSR count). The highest BCUT2D eigenvalue weighted by Gasteiger charge is 2.09. The third-order valence-electron chi connectivity index (χ3n) is 2.86. The van der Waals surface area contributed by atoms with Crippen LogP contribution in [0, 0.1) is 0 Å². The predicted molar refractivity (Wildman–Crippen MR) is 88.3 cm³/mol. The van der Waals surface area contributed by atoms with Gasteiger partial charge in [-0.1, -0.05) is 12.1 Å². The molecular formula is C15H14BrN3O3. The van der Waals surface area contributed by atoms with Gasteiger partial charge in [-0.25, -0.2) is 5.43 Å². The van der Waals surface area contributed by atoms with Gasteiger partial charge < -0.3 is 15.6 Å². The van der Waals surface area contributed by atoms with Gasteiger partial charge >= 0.3 is 0 Å². The van der Waals surface area contributed by atoms with Crippen LogP contribution in [0.25, 0.3) is 0 Å². The van der Waals surface area contributed by atoms with Crippen LogP contribution in [0.1, 0.15) is 15.9 Å². The summed E-state index contributed by atoms with van der Waals surface area (Å²) < 4.78 is 5.50. The number of ether oxygens (including phenoxy) is 1. The Kier molecular flexibility index (Phi) is 5.00. The topological polar surface area (TPSA) is 96.9 Å². The molecule has 0 aliphatic carbocycles. The van der Waals surface area contributed by atoms with E-state index in [0.717, 1.165) is 0 Å².